The number of aliphatic hydroxyl groups excluding tert-OH is 1. The van der Waals surface area contributed by atoms with Gasteiger partial charge in [0.25, 0.3) is 0 Å². The second-order valence-corrected chi connectivity index (χ2v) is 2.68. The molecule has 0 aliphatic rings. The minimum Gasteiger partial charge on any atom is -0.385 e. The van der Waals surface area contributed by atoms with Gasteiger partial charge in [-0.05, 0) is 13.0 Å². The van der Waals surface area contributed by atoms with E-state index in [9.17, 15) is 5.11 Å². The van der Waals surface area contributed by atoms with E-state index < -0.39 is 6.10 Å². The van der Waals surface area contributed by atoms with Gasteiger partial charge >= 0.3 is 0 Å². The molecule has 0 saturated heterocycles. The topological polar surface area (TPSA) is 61.8 Å². The number of rotatable bonds is 1. The Bertz CT molecular complexity index is 394. The average molecular weight is 163 g/mol. The van der Waals surface area contributed by atoms with Crippen molar-refractivity contribution in [1.82, 2.24) is 15.0 Å². The van der Waals surface area contributed by atoms with Gasteiger partial charge in [-0.2, -0.15) is 0 Å². The van der Waals surface area contributed by atoms with Crippen molar-refractivity contribution in [3.63, 3.8) is 0 Å². The Hall–Kier alpha value is -1.42. The molecule has 12 heavy (non-hydrogen) atoms. The molecule has 0 amide bonds. The fourth-order valence-corrected chi connectivity index (χ4v) is 1.06. The van der Waals surface area contributed by atoms with Crippen molar-refractivity contribution in [3.05, 3.63) is 24.3 Å². The molecule has 2 N–H and O–H groups in total. The second-order valence-electron chi connectivity index (χ2n) is 2.68. The number of nitrogens with one attached hydrogen (secondary N) is 1. The first-order valence-electron chi connectivity index (χ1n) is 3.75. The maximum atomic E-state index is 9.19. The van der Waals surface area contributed by atoms with E-state index in [0.29, 0.717) is 5.82 Å². The van der Waals surface area contributed by atoms with E-state index in [4.69, 9.17) is 0 Å². The average Bonchev–Trinajstić information content (AvgIpc) is 2.49. The molecular weight excluding hydrogens is 154 g/mol. The van der Waals surface area contributed by atoms with Crippen molar-refractivity contribution in [1.29, 1.82) is 0 Å². The first kappa shape index (κ1) is 7.24. The van der Waals surface area contributed by atoms with Crippen LogP contribution in [0.4, 0.5) is 0 Å². The third kappa shape index (κ3) is 1.06. The maximum Gasteiger partial charge on any atom is 0.157 e. The normalized spacial score (nSPS) is 13.5. The summed E-state index contributed by atoms with van der Waals surface area (Å²) in [6.45, 7) is 1.65. The molecule has 2 rings (SSSR count). The number of aliphatic hydroxyl groups is 1. The molecule has 2 aromatic rings. The summed E-state index contributed by atoms with van der Waals surface area (Å²) in [5.41, 5.74) is 1.72. The highest BCUT2D eigenvalue weighted by molar-refractivity contribution is 5.73. The van der Waals surface area contributed by atoms with Gasteiger partial charge in [0.15, 0.2) is 5.82 Å². The predicted octanol–water partition coefficient (Wildman–Crippen LogP) is 1.01. The van der Waals surface area contributed by atoms with E-state index in [-0.39, 0.29) is 0 Å². The number of aromatic amines is 1. The molecule has 1 atom stereocenters. The number of nitrogens with zero attached hydrogens (tertiary/aromatic N) is 2. The fraction of sp³-hybridized carbons (Fsp3) is 0.250. The van der Waals surface area contributed by atoms with Crippen molar-refractivity contribution in [3.8, 4) is 0 Å². The summed E-state index contributed by atoms with van der Waals surface area (Å²) in [5, 5.41) is 9.19. The molecule has 4 heteroatoms. The maximum absolute atomic E-state index is 9.19. The van der Waals surface area contributed by atoms with Crippen LogP contribution in [-0.4, -0.2) is 20.1 Å². The number of aromatic nitrogens is 3. The van der Waals surface area contributed by atoms with Gasteiger partial charge in [0.2, 0.25) is 0 Å². The highest BCUT2D eigenvalue weighted by Gasteiger charge is 2.04. The highest BCUT2D eigenvalue weighted by atomic mass is 16.3. The molecule has 62 valence electrons. The van der Waals surface area contributed by atoms with Crippen molar-refractivity contribution < 1.29 is 5.11 Å². The van der Waals surface area contributed by atoms with E-state index in [1.807, 2.05) is 6.07 Å². The number of hydrogen-bond acceptors (Lipinski definition) is 3. The molecule has 0 bridgehead atoms. The van der Waals surface area contributed by atoms with E-state index >= 15 is 0 Å². The molecule has 0 aliphatic heterocycles. The molecule has 0 spiro atoms. The first-order valence-corrected chi connectivity index (χ1v) is 3.75. The number of H-pyrrole nitrogens is 1. The zero-order chi connectivity index (χ0) is 8.55. The number of hydrogen-bond donors (Lipinski definition) is 2. The second kappa shape index (κ2) is 2.57. The molecule has 0 radical (unpaired) electrons. The lowest BCUT2D eigenvalue weighted by atomic mass is 10.3. The minimum absolute atomic E-state index is 0.460. The Kier molecular flexibility index (Phi) is 1.55. The van der Waals surface area contributed by atoms with Gasteiger partial charge in [-0.1, -0.05) is 0 Å². The quantitative estimate of drug-likeness (QED) is 0.659. The molecule has 0 saturated carbocycles. The predicted molar refractivity (Wildman–Crippen MR) is 44.5 cm³/mol. The summed E-state index contributed by atoms with van der Waals surface area (Å²) in [5.74, 6) is 0.460. The van der Waals surface area contributed by atoms with Crippen LogP contribution in [0, 0.1) is 0 Å². The summed E-state index contributed by atoms with van der Waals surface area (Å²) in [6, 6.07) is 1.85. The van der Waals surface area contributed by atoms with E-state index in [1.54, 1.807) is 19.3 Å². The van der Waals surface area contributed by atoms with Crippen molar-refractivity contribution in [2.75, 3.05) is 0 Å². The van der Waals surface area contributed by atoms with Crippen LogP contribution in [0.3, 0.4) is 0 Å². The molecule has 1 unspecified atom stereocenters. The number of fused-ring (bicyclic) bond motifs is 1. The molecule has 0 aromatic carbocycles. The van der Waals surface area contributed by atoms with Gasteiger partial charge < -0.3 is 10.1 Å². The monoisotopic (exact) mass is 163 g/mol. The van der Waals surface area contributed by atoms with Crippen LogP contribution in [0.25, 0.3) is 11.0 Å². The lowest BCUT2D eigenvalue weighted by Gasteiger charge is -2.00. The SMILES string of the molecule is CC(O)c1ncc2[nH]ccc2n1. The zero-order valence-corrected chi connectivity index (χ0v) is 6.65. The Morgan fingerprint density at radius 3 is 3.17 bits per heavy atom. The molecular formula is C8H9N3O. The van der Waals surface area contributed by atoms with Gasteiger partial charge in [-0.15, -0.1) is 0 Å². The largest absolute Gasteiger partial charge is 0.385 e. The Morgan fingerprint density at radius 2 is 2.42 bits per heavy atom. The smallest absolute Gasteiger partial charge is 0.157 e. The summed E-state index contributed by atoms with van der Waals surface area (Å²) < 4.78 is 0. The van der Waals surface area contributed by atoms with Crippen LogP contribution in [0.1, 0.15) is 18.9 Å². The van der Waals surface area contributed by atoms with Gasteiger partial charge in [-0.3, -0.25) is 0 Å². The van der Waals surface area contributed by atoms with E-state index in [0.717, 1.165) is 11.0 Å². The third-order valence-electron chi connectivity index (χ3n) is 1.69. The Morgan fingerprint density at radius 1 is 1.58 bits per heavy atom. The Balaban J connectivity index is 2.60. The standard InChI is InChI=1S/C8H9N3O/c1-5(12)8-10-4-7-6(11-8)2-3-9-7/h2-5,9,12H,1H3. The molecule has 0 fully saturated rings. The summed E-state index contributed by atoms with van der Waals surface area (Å²) >= 11 is 0. The van der Waals surface area contributed by atoms with Crippen LogP contribution in [-0.2, 0) is 0 Å². The van der Waals surface area contributed by atoms with Crippen LogP contribution in [0.5, 0.6) is 0 Å². The molecule has 4 nitrogen and oxygen atoms in total. The van der Waals surface area contributed by atoms with Crippen LogP contribution < -0.4 is 0 Å². The van der Waals surface area contributed by atoms with Gasteiger partial charge in [0.05, 0.1) is 17.2 Å². The van der Waals surface area contributed by atoms with Crippen LogP contribution in [0.2, 0.25) is 0 Å². The summed E-state index contributed by atoms with van der Waals surface area (Å²) in [7, 11) is 0. The van der Waals surface area contributed by atoms with Crippen LogP contribution in [0.15, 0.2) is 18.5 Å². The van der Waals surface area contributed by atoms with E-state index in [1.165, 1.54) is 0 Å². The lowest BCUT2D eigenvalue weighted by Crippen LogP contribution is -1.98. The lowest BCUT2D eigenvalue weighted by molar-refractivity contribution is 0.189. The van der Waals surface area contributed by atoms with Crippen molar-refractivity contribution >= 4 is 11.0 Å². The first-order chi connectivity index (χ1) is 5.77. The van der Waals surface area contributed by atoms with Gasteiger partial charge in [-0.25, -0.2) is 9.97 Å². The van der Waals surface area contributed by atoms with Crippen molar-refractivity contribution in [2.24, 2.45) is 0 Å². The zero-order valence-electron chi connectivity index (χ0n) is 6.65. The van der Waals surface area contributed by atoms with Crippen molar-refractivity contribution in [2.45, 2.75) is 13.0 Å². The van der Waals surface area contributed by atoms with Crippen LogP contribution >= 0.6 is 0 Å². The molecule has 2 heterocycles. The fourth-order valence-electron chi connectivity index (χ4n) is 1.06. The molecule has 0 aliphatic carbocycles. The minimum atomic E-state index is -0.607. The van der Waals surface area contributed by atoms with E-state index in [2.05, 4.69) is 15.0 Å². The Labute approximate surface area is 69.3 Å². The van der Waals surface area contributed by atoms with Gasteiger partial charge in [0, 0.05) is 6.20 Å². The molecule has 2 aromatic heterocycles. The summed E-state index contributed by atoms with van der Waals surface area (Å²) in [4.78, 5) is 11.1. The third-order valence-corrected chi connectivity index (χ3v) is 1.69. The van der Waals surface area contributed by atoms with Gasteiger partial charge in [0.1, 0.15) is 6.10 Å². The highest BCUT2D eigenvalue weighted by Crippen LogP contribution is 2.11. The summed E-state index contributed by atoms with van der Waals surface area (Å²) in [6.07, 6.45) is 2.86.